The molecule has 19 heavy (non-hydrogen) atoms. The predicted octanol–water partition coefficient (Wildman–Crippen LogP) is 1.31. The van der Waals surface area contributed by atoms with Gasteiger partial charge in [-0.3, -0.25) is 4.79 Å². The molecule has 1 aliphatic heterocycles. The number of carboxylic acid groups (broad SMARTS) is 1. The summed E-state index contributed by atoms with van der Waals surface area (Å²) in [6.07, 6.45) is 0.735. The van der Waals surface area contributed by atoms with Crippen LogP contribution in [0.2, 0.25) is 0 Å². The molecule has 1 heterocycles. The number of hydrogen-bond donors (Lipinski definition) is 2. The van der Waals surface area contributed by atoms with Gasteiger partial charge in [0.05, 0.1) is 17.6 Å². The van der Waals surface area contributed by atoms with Crippen molar-refractivity contribution in [3.05, 3.63) is 0 Å². The predicted molar refractivity (Wildman–Crippen MR) is 71.0 cm³/mol. The van der Waals surface area contributed by atoms with Crippen molar-refractivity contribution in [1.82, 2.24) is 10.2 Å². The number of carboxylic acids is 1. The Morgan fingerprint density at radius 3 is 2.63 bits per heavy atom. The average molecular weight is 272 g/mol. The molecule has 0 radical (unpaired) electrons. The van der Waals surface area contributed by atoms with Crippen LogP contribution in [0.4, 0.5) is 4.79 Å². The van der Waals surface area contributed by atoms with E-state index in [2.05, 4.69) is 5.32 Å². The van der Waals surface area contributed by atoms with Gasteiger partial charge in [-0.25, -0.2) is 4.79 Å². The largest absolute Gasteiger partial charge is 0.481 e. The minimum Gasteiger partial charge on any atom is -0.481 e. The maximum Gasteiger partial charge on any atom is 0.317 e. The van der Waals surface area contributed by atoms with Gasteiger partial charge in [-0.15, -0.1) is 0 Å². The standard InChI is InChI=1S/C13H24N2O4/c1-5-15(8-9(2)11(16)17)12(18)14-13(4)6-7-19-10(13)3/h9-10H,5-8H2,1-4H3,(H,14,18)(H,16,17). The number of amides is 2. The first-order chi connectivity index (χ1) is 8.80. The van der Waals surface area contributed by atoms with E-state index in [1.165, 1.54) is 4.90 Å². The molecule has 2 N–H and O–H groups in total. The van der Waals surface area contributed by atoms with E-state index in [0.717, 1.165) is 6.42 Å². The van der Waals surface area contributed by atoms with Gasteiger partial charge in [0.1, 0.15) is 0 Å². The average Bonchev–Trinajstić information content (AvgIpc) is 2.65. The summed E-state index contributed by atoms with van der Waals surface area (Å²) in [5.41, 5.74) is -0.378. The van der Waals surface area contributed by atoms with Crippen LogP contribution in [0.1, 0.15) is 34.1 Å². The number of carbonyl (C=O) groups excluding carboxylic acids is 1. The van der Waals surface area contributed by atoms with Gasteiger partial charge >= 0.3 is 12.0 Å². The first kappa shape index (κ1) is 15.8. The molecular formula is C13H24N2O4. The summed E-state index contributed by atoms with van der Waals surface area (Å²) >= 11 is 0. The van der Waals surface area contributed by atoms with Crippen molar-refractivity contribution >= 4 is 12.0 Å². The Bertz CT molecular complexity index is 348. The molecule has 1 rings (SSSR count). The molecule has 3 atom stereocenters. The van der Waals surface area contributed by atoms with Crippen LogP contribution < -0.4 is 5.32 Å². The van der Waals surface area contributed by atoms with Crippen LogP contribution in [0.15, 0.2) is 0 Å². The van der Waals surface area contributed by atoms with E-state index < -0.39 is 11.9 Å². The number of urea groups is 1. The van der Waals surface area contributed by atoms with Crippen molar-refractivity contribution in [2.45, 2.75) is 45.8 Å². The van der Waals surface area contributed by atoms with Crippen molar-refractivity contribution < 1.29 is 19.4 Å². The second kappa shape index (κ2) is 6.23. The van der Waals surface area contributed by atoms with Gasteiger partial charge in [-0.05, 0) is 27.2 Å². The molecular weight excluding hydrogens is 248 g/mol. The highest BCUT2D eigenvalue weighted by molar-refractivity contribution is 5.76. The van der Waals surface area contributed by atoms with Crippen LogP contribution in [0, 0.1) is 5.92 Å². The molecule has 0 aromatic rings. The summed E-state index contributed by atoms with van der Waals surface area (Å²) in [6.45, 7) is 8.65. The molecule has 6 nitrogen and oxygen atoms in total. The summed E-state index contributed by atoms with van der Waals surface area (Å²) in [5, 5.41) is 11.9. The van der Waals surface area contributed by atoms with Crippen molar-refractivity contribution in [3.63, 3.8) is 0 Å². The van der Waals surface area contributed by atoms with Gasteiger partial charge in [-0.2, -0.15) is 0 Å². The molecule has 3 unspecified atom stereocenters. The zero-order valence-corrected chi connectivity index (χ0v) is 12.1. The molecule has 0 aliphatic carbocycles. The van der Waals surface area contributed by atoms with E-state index in [9.17, 15) is 9.59 Å². The molecule has 0 aromatic heterocycles. The fourth-order valence-electron chi connectivity index (χ4n) is 2.09. The highest BCUT2D eigenvalue weighted by atomic mass is 16.5. The maximum absolute atomic E-state index is 12.2. The number of aliphatic carboxylic acids is 1. The molecule has 0 saturated carbocycles. The lowest BCUT2D eigenvalue weighted by atomic mass is 9.95. The lowest BCUT2D eigenvalue weighted by molar-refractivity contribution is -0.141. The fourth-order valence-corrected chi connectivity index (χ4v) is 2.09. The number of nitrogens with zero attached hydrogens (tertiary/aromatic N) is 1. The molecule has 0 aromatic carbocycles. The van der Waals surface area contributed by atoms with Crippen molar-refractivity contribution in [2.75, 3.05) is 19.7 Å². The second-order valence-electron chi connectivity index (χ2n) is 5.39. The summed E-state index contributed by atoms with van der Waals surface area (Å²) in [7, 11) is 0. The Morgan fingerprint density at radius 2 is 2.21 bits per heavy atom. The number of carbonyl (C=O) groups is 2. The quantitative estimate of drug-likeness (QED) is 0.791. The normalized spacial score (nSPS) is 27.9. The Labute approximate surface area is 114 Å². The van der Waals surface area contributed by atoms with Crippen LogP contribution in [-0.4, -0.2) is 53.3 Å². The van der Waals surface area contributed by atoms with Crippen LogP contribution in [-0.2, 0) is 9.53 Å². The molecule has 0 spiro atoms. The fraction of sp³-hybridized carbons (Fsp3) is 0.846. The molecule has 1 fully saturated rings. The van der Waals surface area contributed by atoms with Gasteiger partial charge in [0.25, 0.3) is 0 Å². The number of rotatable bonds is 5. The Morgan fingerprint density at radius 1 is 1.58 bits per heavy atom. The third-order valence-electron chi connectivity index (χ3n) is 3.86. The van der Waals surface area contributed by atoms with Crippen LogP contribution in [0.25, 0.3) is 0 Å². The van der Waals surface area contributed by atoms with Gasteiger partial charge in [0, 0.05) is 19.7 Å². The first-order valence-electron chi connectivity index (χ1n) is 6.71. The molecule has 0 bridgehead atoms. The van der Waals surface area contributed by atoms with Crippen LogP contribution in [0.5, 0.6) is 0 Å². The Hall–Kier alpha value is -1.30. The van der Waals surface area contributed by atoms with Gasteiger partial charge in [0.2, 0.25) is 0 Å². The monoisotopic (exact) mass is 272 g/mol. The summed E-state index contributed by atoms with van der Waals surface area (Å²) < 4.78 is 5.47. The van der Waals surface area contributed by atoms with Gasteiger partial charge < -0.3 is 20.1 Å². The summed E-state index contributed by atoms with van der Waals surface area (Å²) in [6, 6.07) is -0.226. The van der Waals surface area contributed by atoms with Gasteiger partial charge in [-0.1, -0.05) is 6.92 Å². The number of hydrogen-bond acceptors (Lipinski definition) is 3. The minimum atomic E-state index is -0.893. The van der Waals surface area contributed by atoms with E-state index in [0.29, 0.717) is 13.2 Å². The minimum absolute atomic E-state index is 0.0351. The maximum atomic E-state index is 12.2. The highest BCUT2D eigenvalue weighted by Gasteiger charge is 2.39. The van der Waals surface area contributed by atoms with E-state index in [-0.39, 0.29) is 24.2 Å². The lowest BCUT2D eigenvalue weighted by Crippen LogP contribution is -2.55. The van der Waals surface area contributed by atoms with Gasteiger partial charge in [0.15, 0.2) is 0 Å². The highest BCUT2D eigenvalue weighted by Crippen LogP contribution is 2.25. The summed E-state index contributed by atoms with van der Waals surface area (Å²) in [4.78, 5) is 24.6. The van der Waals surface area contributed by atoms with E-state index in [1.54, 1.807) is 6.92 Å². The topological polar surface area (TPSA) is 78.9 Å². The van der Waals surface area contributed by atoms with Crippen LogP contribution in [0.3, 0.4) is 0 Å². The Balaban J connectivity index is 2.61. The van der Waals surface area contributed by atoms with E-state index >= 15 is 0 Å². The second-order valence-corrected chi connectivity index (χ2v) is 5.39. The summed E-state index contributed by atoms with van der Waals surface area (Å²) in [5.74, 6) is -1.47. The third-order valence-corrected chi connectivity index (χ3v) is 3.86. The van der Waals surface area contributed by atoms with Crippen molar-refractivity contribution in [1.29, 1.82) is 0 Å². The molecule has 1 saturated heterocycles. The third kappa shape index (κ3) is 3.83. The van der Waals surface area contributed by atoms with Crippen molar-refractivity contribution in [3.8, 4) is 0 Å². The zero-order chi connectivity index (χ0) is 14.6. The molecule has 2 amide bonds. The SMILES string of the molecule is CCN(CC(C)C(=O)O)C(=O)NC1(C)CCOC1C. The van der Waals surface area contributed by atoms with E-state index in [4.69, 9.17) is 9.84 Å². The zero-order valence-electron chi connectivity index (χ0n) is 12.1. The first-order valence-corrected chi connectivity index (χ1v) is 6.71. The molecule has 110 valence electrons. The Kier molecular flexibility index (Phi) is 5.17. The van der Waals surface area contributed by atoms with Crippen molar-refractivity contribution in [2.24, 2.45) is 5.92 Å². The lowest BCUT2D eigenvalue weighted by Gasteiger charge is -2.32. The number of ether oxygens (including phenoxy) is 1. The van der Waals surface area contributed by atoms with Crippen LogP contribution >= 0.6 is 0 Å². The molecule has 6 heteroatoms. The number of nitrogens with one attached hydrogen (secondary N) is 1. The van der Waals surface area contributed by atoms with E-state index in [1.807, 2.05) is 20.8 Å². The molecule has 1 aliphatic rings. The smallest absolute Gasteiger partial charge is 0.317 e.